The van der Waals surface area contributed by atoms with Crippen LogP contribution in [0.4, 0.5) is 0 Å². The maximum absolute atomic E-state index is 13.1. The van der Waals surface area contributed by atoms with Gasteiger partial charge in [-0.25, -0.2) is 8.42 Å². The maximum Gasteiger partial charge on any atom is 0.312 e. The molecule has 2 aromatic carbocycles. The van der Waals surface area contributed by atoms with Crippen LogP contribution < -0.4 is 5.73 Å². The van der Waals surface area contributed by atoms with Gasteiger partial charge in [0.1, 0.15) is 5.41 Å². The van der Waals surface area contributed by atoms with E-state index < -0.39 is 32.4 Å². The van der Waals surface area contributed by atoms with E-state index in [2.05, 4.69) is 0 Å². The Kier molecular flexibility index (Phi) is 4.39. The second-order valence-corrected chi connectivity index (χ2v) is 8.86. The number of hydrogen-bond donors (Lipinski definition) is 2. The highest BCUT2D eigenvalue weighted by Crippen LogP contribution is 2.63. The minimum Gasteiger partial charge on any atom is -0.481 e. The van der Waals surface area contributed by atoms with Gasteiger partial charge in [-0.2, -0.15) is 0 Å². The van der Waals surface area contributed by atoms with Gasteiger partial charge in [0.05, 0.1) is 10.1 Å². The Morgan fingerprint density at radius 1 is 1.16 bits per heavy atom. The van der Waals surface area contributed by atoms with Crippen molar-refractivity contribution in [3.05, 3.63) is 64.7 Å². The summed E-state index contributed by atoms with van der Waals surface area (Å²) in [5.74, 6) is -1.91. The van der Waals surface area contributed by atoms with Crippen molar-refractivity contribution >= 4 is 27.4 Å². The number of halogens is 1. The number of sulfone groups is 1. The summed E-state index contributed by atoms with van der Waals surface area (Å²) >= 11 is 5.88. The number of carbonyl (C=O) groups is 1. The van der Waals surface area contributed by atoms with Crippen molar-refractivity contribution in [2.75, 3.05) is 6.54 Å². The van der Waals surface area contributed by atoms with E-state index in [1.54, 1.807) is 36.4 Å². The average molecular weight is 380 g/mol. The predicted molar refractivity (Wildman–Crippen MR) is 95.5 cm³/mol. The van der Waals surface area contributed by atoms with E-state index in [9.17, 15) is 18.3 Å². The SMILES string of the molecule is Cc1ccc(S(=O)(=O)[C@@H]2[C@H](c3ccc(Cl)cc3)[C@@]2(CN)C(=O)O)cc1. The molecule has 0 aliphatic heterocycles. The van der Waals surface area contributed by atoms with Crippen LogP contribution in [0.5, 0.6) is 0 Å². The molecule has 5 nitrogen and oxygen atoms in total. The van der Waals surface area contributed by atoms with E-state index >= 15 is 0 Å². The molecule has 1 fully saturated rings. The van der Waals surface area contributed by atoms with Crippen LogP contribution in [0.25, 0.3) is 0 Å². The number of carboxylic acid groups (broad SMARTS) is 1. The minimum atomic E-state index is -3.85. The molecule has 0 radical (unpaired) electrons. The Labute approximate surface area is 151 Å². The van der Waals surface area contributed by atoms with Crippen molar-refractivity contribution in [3.63, 3.8) is 0 Å². The van der Waals surface area contributed by atoms with E-state index in [0.717, 1.165) is 5.56 Å². The van der Waals surface area contributed by atoms with Gasteiger partial charge in [-0.1, -0.05) is 41.4 Å². The summed E-state index contributed by atoms with van der Waals surface area (Å²) in [4.78, 5) is 12.0. The molecule has 132 valence electrons. The lowest BCUT2D eigenvalue weighted by Gasteiger charge is -2.10. The van der Waals surface area contributed by atoms with Crippen LogP contribution in [0, 0.1) is 12.3 Å². The quantitative estimate of drug-likeness (QED) is 0.832. The van der Waals surface area contributed by atoms with Gasteiger partial charge in [-0.05, 0) is 36.8 Å². The van der Waals surface area contributed by atoms with Crippen molar-refractivity contribution in [3.8, 4) is 0 Å². The predicted octanol–water partition coefficient (Wildman–Crippen LogP) is 2.62. The lowest BCUT2D eigenvalue weighted by molar-refractivity contribution is -0.143. The van der Waals surface area contributed by atoms with Gasteiger partial charge in [0, 0.05) is 17.5 Å². The highest BCUT2D eigenvalue weighted by Gasteiger charge is 2.75. The summed E-state index contributed by atoms with van der Waals surface area (Å²) in [6.07, 6.45) is 0. The Bertz CT molecular complexity index is 909. The molecule has 0 aromatic heterocycles. The van der Waals surface area contributed by atoms with E-state index in [4.69, 9.17) is 17.3 Å². The van der Waals surface area contributed by atoms with Crippen LogP contribution >= 0.6 is 11.6 Å². The third kappa shape index (κ3) is 2.74. The maximum atomic E-state index is 13.1. The number of carboxylic acids is 1. The van der Waals surface area contributed by atoms with Crippen LogP contribution in [-0.4, -0.2) is 31.3 Å². The number of rotatable bonds is 5. The van der Waals surface area contributed by atoms with Crippen LogP contribution in [-0.2, 0) is 14.6 Å². The van der Waals surface area contributed by atoms with E-state index in [1.807, 2.05) is 6.92 Å². The van der Waals surface area contributed by atoms with Crippen molar-refractivity contribution in [1.29, 1.82) is 0 Å². The highest BCUT2D eigenvalue weighted by atomic mass is 35.5. The van der Waals surface area contributed by atoms with Gasteiger partial charge in [-0.15, -0.1) is 0 Å². The second kappa shape index (κ2) is 6.12. The average Bonchev–Trinajstić information content (AvgIpc) is 3.27. The Balaban J connectivity index is 2.10. The molecular formula is C18H18ClNO4S. The molecule has 3 atom stereocenters. The summed E-state index contributed by atoms with van der Waals surface area (Å²) in [6.45, 7) is 1.59. The number of nitrogens with two attached hydrogens (primary N) is 1. The molecule has 25 heavy (non-hydrogen) atoms. The van der Waals surface area contributed by atoms with E-state index in [1.165, 1.54) is 12.1 Å². The molecule has 0 bridgehead atoms. The summed E-state index contributed by atoms with van der Waals surface area (Å²) in [5.41, 5.74) is 5.75. The standard InChI is InChI=1S/C18H18ClNO4S/c1-11-2-8-14(9-3-11)25(23,24)16-15(18(16,10-20)17(21)22)12-4-6-13(19)7-5-12/h2-9,15-16H,10,20H2,1H3,(H,21,22)/t15-,16+,18+/m0/s1. The van der Waals surface area contributed by atoms with Crippen molar-refractivity contribution in [2.45, 2.75) is 23.0 Å². The second-order valence-electron chi connectivity index (χ2n) is 6.36. The van der Waals surface area contributed by atoms with Crippen molar-refractivity contribution < 1.29 is 18.3 Å². The molecule has 1 aliphatic carbocycles. The van der Waals surface area contributed by atoms with Crippen LogP contribution in [0.15, 0.2) is 53.4 Å². The van der Waals surface area contributed by atoms with Crippen molar-refractivity contribution in [1.82, 2.24) is 0 Å². The van der Waals surface area contributed by atoms with Crippen LogP contribution in [0.2, 0.25) is 5.02 Å². The molecule has 3 N–H and O–H groups in total. The zero-order valence-electron chi connectivity index (χ0n) is 13.5. The fraction of sp³-hybridized carbons (Fsp3) is 0.278. The molecule has 0 spiro atoms. The van der Waals surface area contributed by atoms with E-state index in [-0.39, 0.29) is 11.4 Å². The topological polar surface area (TPSA) is 97.5 Å². The van der Waals surface area contributed by atoms with Gasteiger partial charge < -0.3 is 10.8 Å². The first-order chi connectivity index (χ1) is 11.7. The lowest BCUT2D eigenvalue weighted by atomic mass is 9.99. The number of aliphatic carboxylic acids is 1. The fourth-order valence-corrected chi connectivity index (χ4v) is 5.97. The fourth-order valence-electron chi connectivity index (χ4n) is 3.46. The molecule has 3 rings (SSSR count). The number of aryl methyl sites for hydroxylation is 1. The smallest absolute Gasteiger partial charge is 0.312 e. The monoisotopic (exact) mass is 379 g/mol. The molecule has 2 aromatic rings. The Morgan fingerprint density at radius 2 is 1.72 bits per heavy atom. The van der Waals surface area contributed by atoms with Crippen LogP contribution in [0.3, 0.4) is 0 Å². The normalized spacial score (nSPS) is 25.6. The summed E-state index contributed by atoms with van der Waals surface area (Å²) < 4.78 is 26.2. The first-order valence-electron chi connectivity index (χ1n) is 7.74. The van der Waals surface area contributed by atoms with Gasteiger partial charge in [0.25, 0.3) is 0 Å². The summed E-state index contributed by atoms with van der Waals surface area (Å²) in [6, 6.07) is 12.9. The molecule has 0 amide bonds. The third-order valence-corrected chi connectivity index (χ3v) is 7.45. The largest absolute Gasteiger partial charge is 0.481 e. The summed E-state index contributed by atoms with van der Waals surface area (Å²) in [7, 11) is -3.85. The van der Waals surface area contributed by atoms with Gasteiger partial charge in [0.15, 0.2) is 9.84 Å². The minimum absolute atomic E-state index is 0.110. The van der Waals surface area contributed by atoms with Crippen LogP contribution in [0.1, 0.15) is 17.0 Å². The molecule has 0 unspecified atom stereocenters. The molecule has 7 heteroatoms. The summed E-state index contributed by atoms with van der Waals surface area (Å²) in [5, 5.41) is 9.14. The molecule has 0 heterocycles. The van der Waals surface area contributed by atoms with Crippen molar-refractivity contribution in [2.24, 2.45) is 11.1 Å². The zero-order valence-corrected chi connectivity index (χ0v) is 15.1. The van der Waals surface area contributed by atoms with Gasteiger partial charge in [-0.3, -0.25) is 4.79 Å². The molecule has 1 aliphatic rings. The Morgan fingerprint density at radius 3 is 2.20 bits per heavy atom. The molecule has 1 saturated carbocycles. The number of hydrogen-bond acceptors (Lipinski definition) is 4. The lowest BCUT2D eigenvalue weighted by Crippen LogP contribution is -2.31. The highest BCUT2D eigenvalue weighted by molar-refractivity contribution is 7.92. The number of benzene rings is 2. The third-order valence-electron chi connectivity index (χ3n) is 4.91. The van der Waals surface area contributed by atoms with E-state index in [0.29, 0.717) is 10.6 Å². The first-order valence-corrected chi connectivity index (χ1v) is 9.67. The van der Waals surface area contributed by atoms with Gasteiger partial charge in [0.2, 0.25) is 0 Å². The molecular weight excluding hydrogens is 362 g/mol. The zero-order chi connectivity index (χ0) is 18.4. The van der Waals surface area contributed by atoms with Gasteiger partial charge >= 0.3 is 5.97 Å². The first kappa shape index (κ1) is 17.9. The Hall–Kier alpha value is -1.89. The molecule has 0 saturated heterocycles.